The van der Waals surface area contributed by atoms with E-state index in [1.807, 2.05) is 0 Å². The van der Waals surface area contributed by atoms with Crippen molar-refractivity contribution < 1.29 is 9.84 Å². The van der Waals surface area contributed by atoms with Gasteiger partial charge in [0, 0.05) is 35.8 Å². The number of hydrogen-bond acceptors (Lipinski definition) is 4. The van der Waals surface area contributed by atoms with Gasteiger partial charge < -0.3 is 15.6 Å². The summed E-state index contributed by atoms with van der Waals surface area (Å²) in [5.74, 6) is 0.588. The summed E-state index contributed by atoms with van der Waals surface area (Å²) in [4.78, 5) is 2.28. The van der Waals surface area contributed by atoms with E-state index in [9.17, 15) is 5.11 Å². The number of benzene rings is 1. The van der Waals surface area contributed by atoms with Crippen LogP contribution in [0.5, 0.6) is 11.5 Å². The van der Waals surface area contributed by atoms with E-state index in [1.165, 1.54) is 7.11 Å². The number of phenols is 1. The minimum absolute atomic E-state index is 0.171. The van der Waals surface area contributed by atoms with Crippen molar-refractivity contribution in [3.05, 3.63) is 22.7 Å². The quantitative estimate of drug-likeness (QED) is 0.878. The number of aromatic hydroxyl groups is 1. The van der Waals surface area contributed by atoms with Gasteiger partial charge >= 0.3 is 0 Å². The Labute approximate surface area is 112 Å². The molecule has 18 heavy (non-hydrogen) atoms. The summed E-state index contributed by atoms with van der Waals surface area (Å²) in [6.45, 7) is 2.32. The SMILES string of the molecule is COc1cc(Cl)cc(CN2CCCC2CN)c1O. The molecule has 1 aliphatic rings. The van der Waals surface area contributed by atoms with Crippen molar-refractivity contribution >= 4 is 11.6 Å². The number of rotatable bonds is 4. The van der Waals surface area contributed by atoms with Crippen LogP contribution >= 0.6 is 11.6 Å². The van der Waals surface area contributed by atoms with Gasteiger partial charge in [0.1, 0.15) is 0 Å². The number of hydrogen-bond donors (Lipinski definition) is 2. The topological polar surface area (TPSA) is 58.7 Å². The first kappa shape index (κ1) is 13.5. The van der Waals surface area contributed by atoms with E-state index in [0.29, 0.717) is 29.9 Å². The molecule has 0 amide bonds. The molecule has 0 aliphatic carbocycles. The number of halogens is 1. The number of phenolic OH excluding ortho intramolecular Hbond substituents is 1. The lowest BCUT2D eigenvalue weighted by atomic mass is 10.1. The van der Waals surface area contributed by atoms with E-state index in [2.05, 4.69) is 4.90 Å². The first-order chi connectivity index (χ1) is 8.65. The highest BCUT2D eigenvalue weighted by Gasteiger charge is 2.24. The Morgan fingerprint density at radius 2 is 2.33 bits per heavy atom. The predicted octanol–water partition coefficient (Wildman–Crippen LogP) is 1.98. The molecule has 1 heterocycles. The molecule has 3 N–H and O–H groups in total. The van der Waals surface area contributed by atoms with Crippen molar-refractivity contribution in [3.63, 3.8) is 0 Å². The zero-order valence-electron chi connectivity index (χ0n) is 10.5. The summed E-state index contributed by atoms with van der Waals surface area (Å²) in [5.41, 5.74) is 6.54. The van der Waals surface area contributed by atoms with Crippen LogP contribution < -0.4 is 10.5 Å². The molecule has 0 bridgehead atoms. The van der Waals surface area contributed by atoms with Crippen LogP contribution in [0.15, 0.2) is 12.1 Å². The number of nitrogens with two attached hydrogens (primary N) is 1. The van der Waals surface area contributed by atoms with Crippen molar-refractivity contribution in [1.29, 1.82) is 0 Å². The Bertz CT molecular complexity index is 426. The standard InChI is InChI=1S/C13H19ClN2O2/c1-18-12-6-10(14)5-9(13(12)17)8-16-4-2-3-11(16)7-15/h5-6,11,17H,2-4,7-8,15H2,1H3. The van der Waals surface area contributed by atoms with Crippen LogP contribution in [0.4, 0.5) is 0 Å². The van der Waals surface area contributed by atoms with Crippen molar-refractivity contribution in [2.24, 2.45) is 5.73 Å². The van der Waals surface area contributed by atoms with Gasteiger partial charge in [0.15, 0.2) is 11.5 Å². The maximum absolute atomic E-state index is 10.1. The fourth-order valence-corrected chi connectivity index (χ4v) is 2.72. The summed E-state index contributed by atoms with van der Waals surface area (Å²) in [6.07, 6.45) is 2.27. The van der Waals surface area contributed by atoms with Crippen LogP contribution in [-0.4, -0.2) is 36.2 Å². The van der Waals surface area contributed by atoms with Gasteiger partial charge in [-0.1, -0.05) is 11.6 Å². The second kappa shape index (κ2) is 5.78. The normalized spacial score (nSPS) is 20.3. The highest BCUT2D eigenvalue weighted by molar-refractivity contribution is 6.30. The third-order valence-electron chi connectivity index (χ3n) is 3.48. The Hall–Kier alpha value is -0.970. The molecule has 0 radical (unpaired) electrons. The molecule has 5 heteroatoms. The lowest BCUT2D eigenvalue weighted by Crippen LogP contribution is -2.34. The van der Waals surface area contributed by atoms with Crippen molar-refractivity contribution in [3.8, 4) is 11.5 Å². The first-order valence-corrected chi connectivity index (χ1v) is 6.53. The molecular weight excluding hydrogens is 252 g/mol. The fraction of sp³-hybridized carbons (Fsp3) is 0.538. The highest BCUT2D eigenvalue weighted by Crippen LogP contribution is 2.35. The predicted molar refractivity (Wildman–Crippen MR) is 72.2 cm³/mol. The van der Waals surface area contributed by atoms with Crippen LogP contribution in [0, 0.1) is 0 Å². The van der Waals surface area contributed by atoms with Gasteiger partial charge in [0.25, 0.3) is 0 Å². The monoisotopic (exact) mass is 270 g/mol. The maximum Gasteiger partial charge on any atom is 0.162 e. The van der Waals surface area contributed by atoms with Crippen LogP contribution in [0.2, 0.25) is 5.02 Å². The first-order valence-electron chi connectivity index (χ1n) is 6.15. The van der Waals surface area contributed by atoms with E-state index in [0.717, 1.165) is 24.9 Å². The molecule has 1 atom stereocenters. The molecular formula is C13H19ClN2O2. The highest BCUT2D eigenvalue weighted by atomic mass is 35.5. The van der Waals surface area contributed by atoms with Gasteiger partial charge in [-0.15, -0.1) is 0 Å². The average Bonchev–Trinajstić information content (AvgIpc) is 2.80. The number of ether oxygens (including phenoxy) is 1. The van der Waals surface area contributed by atoms with Crippen molar-refractivity contribution in [2.45, 2.75) is 25.4 Å². The van der Waals surface area contributed by atoms with E-state index in [-0.39, 0.29) is 5.75 Å². The number of methoxy groups -OCH3 is 1. The summed E-state index contributed by atoms with van der Waals surface area (Å²) in [5, 5.41) is 10.7. The molecule has 1 saturated heterocycles. The molecule has 1 fully saturated rings. The van der Waals surface area contributed by atoms with E-state index >= 15 is 0 Å². The van der Waals surface area contributed by atoms with Crippen LogP contribution in [-0.2, 0) is 6.54 Å². The van der Waals surface area contributed by atoms with Crippen LogP contribution in [0.3, 0.4) is 0 Å². The minimum atomic E-state index is 0.171. The lowest BCUT2D eigenvalue weighted by molar-refractivity contribution is 0.245. The smallest absolute Gasteiger partial charge is 0.162 e. The second-order valence-corrected chi connectivity index (χ2v) is 5.05. The van der Waals surface area contributed by atoms with Gasteiger partial charge in [-0.2, -0.15) is 0 Å². The second-order valence-electron chi connectivity index (χ2n) is 4.62. The Balaban J connectivity index is 2.20. The zero-order valence-corrected chi connectivity index (χ0v) is 11.3. The number of likely N-dealkylation sites (tertiary alicyclic amines) is 1. The Morgan fingerprint density at radius 3 is 3.00 bits per heavy atom. The van der Waals surface area contributed by atoms with Crippen LogP contribution in [0.1, 0.15) is 18.4 Å². The molecule has 0 spiro atoms. The Kier molecular flexibility index (Phi) is 4.32. The summed E-state index contributed by atoms with van der Waals surface area (Å²) >= 11 is 6.02. The van der Waals surface area contributed by atoms with E-state index < -0.39 is 0 Å². The lowest BCUT2D eigenvalue weighted by Gasteiger charge is -2.24. The Morgan fingerprint density at radius 1 is 1.56 bits per heavy atom. The molecule has 1 unspecified atom stereocenters. The van der Waals surface area contributed by atoms with Crippen molar-refractivity contribution in [1.82, 2.24) is 4.90 Å². The van der Waals surface area contributed by atoms with E-state index in [1.54, 1.807) is 12.1 Å². The zero-order chi connectivity index (χ0) is 13.1. The average molecular weight is 271 g/mol. The minimum Gasteiger partial charge on any atom is -0.504 e. The maximum atomic E-state index is 10.1. The summed E-state index contributed by atoms with van der Waals surface area (Å²) in [7, 11) is 1.52. The number of nitrogens with zero attached hydrogens (tertiary/aromatic N) is 1. The largest absolute Gasteiger partial charge is 0.504 e. The van der Waals surface area contributed by atoms with Gasteiger partial charge in [0.2, 0.25) is 0 Å². The van der Waals surface area contributed by atoms with Crippen LogP contribution in [0.25, 0.3) is 0 Å². The molecule has 1 aromatic carbocycles. The fourth-order valence-electron chi connectivity index (χ4n) is 2.49. The van der Waals surface area contributed by atoms with Gasteiger partial charge in [-0.3, -0.25) is 4.90 Å². The molecule has 2 rings (SSSR count). The third kappa shape index (κ3) is 2.71. The molecule has 0 saturated carbocycles. The summed E-state index contributed by atoms with van der Waals surface area (Å²) < 4.78 is 5.11. The van der Waals surface area contributed by atoms with Gasteiger partial charge in [0.05, 0.1) is 7.11 Å². The van der Waals surface area contributed by atoms with Crippen molar-refractivity contribution in [2.75, 3.05) is 20.2 Å². The molecule has 1 aliphatic heterocycles. The third-order valence-corrected chi connectivity index (χ3v) is 3.70. The molecule has 4 nitrogen and oxygen atoms in total. The molecule has 1 aromatic rings. The molecule has 100 valence electrons. The van der Waals surface area contributed by atoms with E-state index in [4.69, 9.17) is 22.1 Å². The van der Waals surface area contributed by atoms with Gasteiger partial charge in [-0.05, 0) is 25.5 Å². The molecule has 0 aromatic heterocycles. The van der Waals surface area contributed by atoms with Gasteiger partial charge in [-0.25, -0.2) is 0 Å². The summed E-state index contributed by atoms with van der Waals surface area (Å²) in [6, 6.07) is 3.80.